The first kappa shape index (κ1) is 27.5. The van der Waals surface area contributed by atoms with Crippen molar-refractivity contribution in [3.05, 3.63) is 97.2 Å². The minimum absolute atomic E-state index is 0.235. The summed E-state index contributed by atoms with van der Waals surface area (Å²) < 4.78 is 18.8. The second kappa shape index (κ2) is 11.9. The summed E-state index contributed by atoms with van der Waals surface area (Å²) >= 11 is 2.90. The summed E-state index contributed by atoms with van der Waals surface area (Å²) in [6.07, 6.45) is 5.15. The molecule has 0 amide bonds. The fraction of sp³-hybridized carbons (Fsp3) is 0.276. The molecule has 0 bridgehead atoms. The number of thiazole rings is 1. The molecule has 7 nitrogen and oxygen atoms in total. The second-order valence-electron chi connectivity index (χ2n) is 8.82. The molecule has 9 heteroatoms. The van der Waals surface area contributed by atoms with Gasteiger partial charge in [-0.3, -0.25) is 9.36 Å². The number of aromatic nitrogens is 1. The molecule has 2 aromatic carbocycles. The molecule has 198 valence electrons. The highest BCUT2D eigenvalue weighted by molar-refractivity contribution is 7.98. The smallest absolute Gasteiger partial charge is 0.338 e. The molecular weight excluding hydrogens is 520 g/mol. The van der Waals surface area contributed by atoms with Gasteiger partial charge in [0.25, 0.3) is 5.56 Å². The molecule has 0 radical (unpaired) electrons. The number of esters is 1. The number of nitrogens with zero attached hydrogens (tertiary/aromatic N) is 2. The third-order valence-corrected chi connectivity index (χ3v) is 7.58. The van der Waals surface area contributed by atoms with Gasteiger partial charge in [0.15, 0.2) is 16.3 Å². The Kier molecular flexibility index (Phi) is 8.58. The predicted octanol–water partition coefficient (Wildman–Crippen LogP) is 4.48. The van der Waals surface area contributed by atoms with E-state index in [1.807, 2.05) is 42.7 Å². The van der Waals surface area contributed by atoms with Crippen molar-refractivity contribution in [1.29, 1.82) is 0 Å². The van der Waals surface area contributed by atoms with Crippen molar-refractivity contribution in [1.82, 2.24) is 4.57 Å². The number of hydrogen-bond donors (Lipinski definition) is 0. The number of fused-ring (bicyclic) bond motifs is 1. The number of methoxy groups -OCH3 is 1. The lowest BCUT2D eigenvalue weighted by Gasteiger charge is -2.25. The van der Waals surface area contributed by atoms with E-state index in [9.17, 15) is 9.59 Å². The van der Waals surface area contributed by atoms with Gasteiger partial charge in [-0.15, -0.1) is 11.8 Å². The highest BCUT2D eigenvalue weighted by atomic mass is 32.2. The zero-order valence-corrected chi connectivity index (χ0v) is 23.7. The molecule has 0 saturated carbocycles. The van der Waals surface area contributed by atoms with E-state index in [1.165, 1.54) is 11.3 Å². The molecule has 1 aromatic heterocycles. The SMILES string of the molecule is C=CCOc1ccc(C=c2sc3n(c2=O)C(c2ccc(SC)cc2)C(C(=O)OC(C)C)=C(C)N=3)cc1OC. The number of hydrogen-bond acceptors (Lipinski definition) is 8. The molecule has 2 heterocycles. The van der Waals surface area contributed by atoms with Crippen LogP contribution in [0.1, 0.15) is 37.9 Å². The maximum Gasteiger partial charge on any atom is 0.338 e. The Hall–Kier alpha value is -3.56. The van der Waals surface area contributed by atoms with Crippen LogP contribution < -0.4 is 24.4 Å². The average molecular weight is 551 g/mol. The van der Waals surface area contributed by atoms with Gasteiger partial charge in [-0.25, -0.2) is 9.79 Å². The number of carbonyl (C=O) groups is 1. The monoisotopic (exact) mass is 550 g/mol. The summed E-state index contributed by atoms with van der Waals surface area (Å²) in [4.78, 5) is 33.3. The van der Waals surface area contributed by atoms with E-state index in [0.717, 1.165) is 16.0 Å². The van der Waals surface area contributed by atoms with E-state index in [-0.39, 0.29) is 11.7 Å². The number of carbonyl (C=O) groups excluding carboxylic acids is 1. The molecule has 3 aromatic rings. The molecule has 0 saturated heterocycles. The quantitative estimate of drug-likeness (QED) is 0.222. The predicted molar refractivity (Wildman–Crippen MR) is 152 cm³/mol. The Morgan fingerprint density at radius 1 is 1.21 bits per heavy atom. The van der Waals surface area contributed by atoms with Crippen molar-refractivity contribution in [2.45, 2.75) is 37.8 Å². The fourth-order valence-corrected chi connectivity index (χ4v) is 5.61. The number of allylic oxidation sites excluding steroid dienone is 1. The first-order chi connectivity index (χ1) is 18.3. The highest BCUT2D eigenvalue weighted by Gasteiger charge is 2.33. The van der Waals surface area contributed by atoms with Gasteiger partial charge in [0.1, 0.15) is 6.61 Å². The van der Waals surface area contributed by atoms with E-state index < -0.39 is 12.0 Å². The number of rotatable bonds is 9. The maximum absolute atomic E-state index is 13.8. The van der Waals surface area contributed by atoms with Crippen molar-refractivity contribution in [3.63, 3.8) is 0 Å². The van der Waals surface area contributed by atoms with Crippen LogP contribution in [0.5, 0.6) is 11.5 Å². The van der Waals surface area contributed by atoms with Crippen molar-refractivity contribution in [3.8, 4) is 11.5 Å². The summed E-state index contributed by atoms with van der Waals surface area (Å²) in [6, 6.07) is 12.7. The summed E-state index contributed by atoms with van der Waals surface area (Å²) in [7, 11) is 1.57. The van der Waals surface area contributed by atoms with Crippen LogP contribution >= 0.6 is 23.1 Å². The van der Waals surface area contributed by atoms with E-state index in [0.29, 0.717) is 38.7 Å². The van der Waals surface area contributed by atoms with Crippen molar-refractivity contribution in [2.75, 3.05) is 20.0 Å². The average Bonchev–Trinajstić information content (AvgIpc) is 3.20. The van der Waals surface area contributed by atoms with Gasteiger partial charge in [0.2, 0.25) is 0 Å². The van der Waals surface area contributed by atoms with Crippen LogP contribution in [0.25, 0.3) is 6.08 Å². The largest absolute Gasteiger partial charge is 0.493 e. The standard InChI is InChI=1S/C29H30N2O5S2/c1-7-14-35-22-13-8-19(15-23(22)34-5)16-24-27(32)31-26(20-9-11-21(37-6)12-10-20)25(28(33)36-17(2)3)18(4)30-29(31)38-24/h7-13,15-17,26H,1,14H2,2-6H3. The Morgan fingerprint density at radius 2 is 1.95 bits per heavy atom. The molecule has 1 unspecified atom stereocenters. The highest BCUT2D eigenvalue weighted by Crippen LogP contribution is 2.32. The van der Waals surface area contributed by atoms with Gasteiger partial charge in [0, 0.05) is 4.90 Å². The second-order valence-corrected chi connectivity index (χ2v) is 10.7. The normalized spacial score (nSPS) is 15.2. The van der Waals surface area contributed by atoms with Crippen LogP contribution in [-0.4, -0.2) is 36.6 Å². The number of benzene rings is 2. The van der Waals surface area contributed by atoms with Crippen LogP contribution in [0.15, 0.2) is 81.1 Å². The van der Waals surface area contributed by atoms with Gasteiger partial charge in [-0.2, -0.15) is 0 Å². The van der Waals surface area contributed by atoms with Gasteiger partial charge >= 0.3 is 5.97 Å². The van der Waals surface area contributed by atoms with E-state index in [2.05, 4.69) is 11.6 Å². The molecule has 0 N–H and O–H groups in total. The lowest BCUT2D eigenvalue weighted by atomic mass is 9.96. The van der Waals surface area contributed by atoms with Crippen LogP contribution in [0.4, 0.5) is 0 Å². The molecular formula is C29H30N2O5S2. The van der Waals surface area contributed by atoms with Crippen LogP contribution in [0.3, 0.4) is 0 Å². The Labute approximate surface area is 229 Å². The Bertz CT molecular complexity index is 1570. The zero-order chi connectivity index (χ0) is 27.4. The molecule has 0 spiro atoms. The molecule has 0 fully saturated rings. The Morgan fingerprint density at radius 3 is 2.58 bits per heavy atom. The van der Waals surface area contributed by atoms with E-state index in [1.54, 1.807) is 62.4 Å². The lowest BCUT2D eigenvalue weighted by molar-refractivity contribution is -0.143. The van der Waals surface area contributed by atoms with Crippen LogP contribution in [-0.2, 0) is 9.53 Å². The summed E-state index contributed by atoms with van der Waals surface area (Å²) in [5.74, 6) is 0.660. The van der Waals surface area contributed by atoms with Crippen LogP contribution in [0.2, 0.25) is 0 Å². The summed E-state index contributed by atoms with van der Waals surface area (Å²) in [5, 5.41) is 0. The third kappa shape index (κ3) is 5.63. The molecule has 38 heavy (non-hydrogen) atoms. The molecule has 1 aliphatic heterocycles. The van der Waals surface area contributed by atoms with Crippen molar-refractivity contribution >= 4 is 35.1 Å². The molecule has 1 aliphatic rings. The van der Waals surface area contributed by atoms with E-state index in [4.69, 9.17) is 14.2 Å². The summed E-state index contributed by atoms with van der Waals surface area (Å²) in [6.45, 7) is 9.40. The van der Waals surface area contributed by atoms with Gasteiger partial charge in [-0.1, -0.05) is 42.2 Å². The van der Waals surface area contributed by atoms with Gasteiger partial charge in [0.05, 0.1) is 35.1 Å². The minimum Gasteiger partial charge on any atom is -0.493 e. The van der Waals surface area contributed by atoms with Gasteiger partial charge in [-0.05, 0) is 68.5 Å². The summed E-state index contributed by atoms with van der Waals surface area (Å²) in [5.41, 5.74) is 2.24. The fourth-order valence-electron chi connectivity index (χ4n) is 4.16. The maximum atomic E-state index is 13.8. The van der Waals surface area contributed by atoms with Crippen molar-refractivity contribution in [2.24, 2.45) is 4.99 Å². The van der Waals surface area contributed by atoms with Crippen LogP contribution in [0, 0.1) is 0 Å². The van der Waals surface area contributed by atoms with E-state index >= 15 is 0 Å². The first-order valence-electron chi connectivity index (χ1n) is 12.1. The topological polar surface area (TPSA) is 79.1 Å². The molecule has 0 aliphatic carbocycles. The Balaban J connectivity index is 1.87. The van der Waals surface area contributed by atoms with Crippen molar-refractivity contribution < 1.29 is 19.0 Å². The lowest BCUT2D eigenvalue weighted by Crippen LogP contribution is -2.40. The number of ether oxygens (including phenoxy) is 3. The minimum atomic E-state index is -0.653. The zero-order valence-electron chi connectivity index (χ0n) is 22.0. The number of thioether (sulfide) groups is 1. The van der Waals surface area contributed by atoms with Gasteiger partial charge < -0.3 is 14.2 Å². The molecule has 1 atom stereocenters. The third-order valence-electron chi connectivity index (χ3n) is 5.86. The first-order valence-corrected chi connectivity index (χ1v) is 14.1. The molecule has 4 rings (SSSR count).